The molecule has 0 amide bonds. The monoisotopic (exact) mass is 971 g/mol. The fourth-order valence-corrected chi connectivity index (χ4v) is 7.44. The number of hydrogen-bond acceptors (Lipinski definition) is 11. The van der Waals surface area contributed by atoms with Crippen LogP contribution in [-0.4, -0.2) is 96.0 Å². The van der Waals surface area contributed by atoms with E-state index in [4.69, 9.17) is 18.9 Å². The Labute approximate surface area is 409 Å². The summed E-state index contributed by atoms with van der Waals surface area (Å²) >= 11 is 0. The van der Waals surface area contributed by atoms with Gasteiger partial charge in [0.25, 0.3) is 10.1 Å². The largest absolute Gasteiger partial charge is 0.462 e. The minimum atomic E-state index is -4.62. The molecule has 0 aromatic carbocycles. The van der Waals surface area contributed by atoms with E-state index in [0.29, 0.717) is 19.3 Å². The van der Waals surface area contributed by atoms with Crippen molar-refractivity contribution in [1.29, 1.82) is 0 Å². The van der Waals surface area contributed by atoms with Crippen LogP contribution in [0, 0.1) is 0 Å². The Morgan fingerprint density at radius 1 is 0.500 bits per heavy atom. The molecular formula is C55H86O12S. The van der Waals surface area contributed by atoms with Crippen LogP contribution in [0.25, 0.3) is 0 Å². The van der Waals surface area contributed by atoms with Crippen LogP contribution < -0.4 is 0 Å². The molecule has 1 aliphatic heterocycles. The van der Waals surface area contributed by atoms with Crippen molar-refractivity contribution in [2.24, 2.45) is 0 Å². The molecule has 1 aliphatic rings. The fraction of sp³-hybridized carbons (Fsp3) is 0.600. The molecule has 0 spiro atoms. The summed E-state index contributed by atoms with van der Waals surface area (Å²) in [5.41, 5.74) is 0. The highest BCUT2D eigenvalue weighted by Gasteiger charge is 2.46. The van der Waals surface area contributed by atoms with Gasteiger partial charge in [0.15, 0.2) is 12.4 Å². The SMILES string of the molecule is CC/C=C\C/C=C\C/C=C\C/C=C\C/C=C\C/C=C\CCC(=O)OC(COC(=O)CCCCCCCCCC/C=C\C/C=C\C/C=C\C/C=C\CC)COC1OC(CS(=O)(=O)O)C(O)C(O)C1O. The molecule has 0 saturated carbocycles. The highest BCUT2D eigenvalue weighted by molar-refractivity contribution is 7.85. The smallest absolute Gasteiger partial charge is 0.306 e. The number of carbonyl (C=O) groups excluding carboxylic acids is 2. The Kier molecular flexibility index (Phi) is 39.3. The lowest BCUT2D eigenvalue weighted by Gasteiger charge is -2.40. The third kappa shape index (κ3) is 37.0. The van der Waals surface area contributed by atoms with E-state index in [9.17, 15) is 37.9 Å². The normalized spacial score (nSPS) is 20.2. The van der Waals surface area contributed by atoms with E-state index in [1.54, 1.807) is 0 Å². The van der Waals surface area contributed by atoms with E-state index >= 15 is 0 Å². The predicted octanol–water partition coefficient (Wildman–Crippen LogP) is 11.3. The van der Waals surface area contributed by atoms with Gasteiger partial charge in [-0.2, -0.15) is 8.42 Å². The van der Waals surface area contributed by atoms with Gasteiger partial charge in [-0.1, -0.05) is 174 Å². The quantitative estimate of drug-likeness (QED) is 0.0197. The minimum Gasteiger partial charge on any atom is -0.462 e. The van der Waals surface area contributed by atoms with Crippen LogP contribution in [0.1, 0.15) is 155 Å². The molecule has 0 aromatic heterocycles. The number of esters is 2. The summed E-state index contributed by atoms with van der Waals surface area (Å²) in [7, 11) is -4.62. The Morgan fingerprint density at radius 2 is 0.912 bits per heavy atom. The van der Waals surface area contributed by atoms with Gasteiger partial charge in [-0.25, -0.2) is 0 Å². The zero-order valence-corrected chi connectivity index (χ0v) is 42.0. The molecule has 1 heterocycles. The van der Waals surface area contributed by atoms with Gasteiger partial charge in [-0.15, -0.1) is 0 Å². The van der Waals surface area contributed by atoms with Crippen LogP contribution in [0.5, 0.6) is 0 Å². The van der Waals surface area contributed by atoms with Crippen molar-refractivity contribution >= 4 is 22.1 Å². The third-order valence-corrected chi connectivity index (χ3v) is 11.3. The van der Waals surface area contributed by atoms with E-state index in [1.165, 1.54) is 19.3 Å². The lowest BCUT2D eigenvalue weighted by atomic mass is 10.00. The van der Waals surface area contributed by atoms with E-state index in [1.807, 2.05) is 18.2 Å². The second-order valence-corrected chi connectivity index (χ2v) is 18.2. The van der Waals surface area contributed by atoms with E-state index < -0.39 is 71.2 Å². The molecule has 0 bridgehead atoms. The molecule has 4 N–H and O–H groups in total. The summed E-state index contributed by atoms with van der Waals surface area (Å²) in [5, 5.41) is 31.0. The molecule has 1 saturated heterocycles. The number of rotatable bonds is 40. The van der Waals surface area contributed by atoms with Gasteiger partial charge in [-0.3, -0.25) is 14.1 Å². The maximum Gasteiger partial charge on any atom is 0.306 e. The summed E-state index contributed by atoms with van der Waals surface area (Å²) in [4.78, 5) is 25.5. The topological polar surface area (TPSA) is 186 Å². The van der Waals surface area contributed by atoms with Crippen molar-refractivity contribution < 1.29 is 56.8 Å². The molecule has 384 valence electrons. The number of unbranched alkanes of at least 4 members (excludes halogenated alkanes) is 8. The number of allylic oxidation sites excluding steroid dienone is 20. The number of ether oxygens (including phenoxy) is 4. The summed E-state index contributed by atoms with van der Waals surface area (Å²) < 4.78 is 54.1. The Bertz CT molecular complexity index is 1700. The average Bonchev–Trinajstić information content (AvgIpc) is 3.31. The van der Waals surface area contributed by atoms with Gasteiger partial charge >= 0.3 is 11.9 Å². The predicted molar refractivity (Wildman–Crippen MR) is 274 cm³/mol. The zero-order chi connectivity index (χ0) is 49.8. The molecule has 68 heavy (non-hydrogen) atoms. The third-order valence-electron chi connectivity index (χ3n) is 10.6. The molecule has 1 rings (SSSR count). The number of carbonyl (C=O) groups is 2. The highest BCUT2D eigenvalue weighted by Crippen LogP contribution is 2.24. The molecule has 6 atom stereocenters. The summed E-state index contributed by atoms with van der Waals surface area (Å²) in [6.07, 6.45) is 52.5. The summed E-state index contributed by atoms with van der Waals surface area (Å²) in [5.74, 6) is -2.12. The van der Waals surface area contributed by atoms with Gasteiger partial charge < -0.3 is 34.3 Å². The first-order valence-electron chi connectivity index (χ1n) is 25.1. The van der Waals surface area contributed by atoms with Crippen molar-refractivity contribution in [3.05, 3.63) is 122 Å². The fourth-order valence-electron chi connectivity index (χ4n) is 6.75. The molecule has 0 aromatic rings. The van der Waals surface area contributed by atoms with Crippen LogP contribution in [0.3, 0.4) is 0 Å². The van der Waals surface area contributed by atoms with Crippen LogP contribution in [-0.2, 0) is 38.7 Å². The van der Waals surface area contributed by atoms with Gasteiger partial charge in [0.05, 0.1) is 6.61 Å². The van der Waals surface area contributed by atoms with Gasteiger partial charge in [0, 0.05) is 12.8 Å². The van der Waals surface area contributed by atoms with Gasteiger partial charge in [-0.05, 0) is 89.9 Å². The Morgan fingerprint density at radius 3 is 1.37 bits per heavy atom. The number of hydrogen-bond donors (Lipinski definition) is 4. The molecule has 0 aliphatic carbocycles. The number of aliphatic hydroxyl groups excluding tert-OH is 3. The zero-order valence-electron chi connectivity index (χ0n) is 41.2. The number of aliphatic hydroxyl groups is 3. The maximum absolute atomic E-state index is 12.8. The second kappa shape index (κ2) is 43.1. The molecule has 13 heteroatoms. The average molecular weight is 971 g/mol. The molecule has 6 unspecified atom stereocenters. The molecular weight excluding hydrogens is 885 g/mol. The lowest BCUT2D eigenvalue weighted by Crippen LogP contribution is -2.60. The van der Waals surface area contributed by atoms with Crippen LogP contribution in [0.15, 0.2) is 122 Å². The Balaban J connectivity index is 2.45. The Hall–Kier alpha value is -3.95. The first-order valence-corrected chi connectivity index (χ1v) is 26.7. The van der Waals surface area contributed by atoms with E-state index in [0.717, 1.165) is 89.9 Å². The van der Waals surface area contributed by atoms with E-state index in [2.05, 4.69) is 117 Å². The van der Waals surface area contributed by atoms with E-state index in [-0.39, 0.29) is 19.4 Å². The van der Waals surface area contributed by atoms with Crippen LogP contribution in [0.2, 0.25) is 0 Å². The summed E-state index contributed by atoms with van der Waals surface area (Å²) in [6, 6.07) is 0. The van der Waals surface area contributed by atoms with Crippen molar-refractivity contribution in [2.45, 2.75) is 192 Å². The second-order valence-electron chi connectivity index (χ2n) is 16.7. The van der Waals surface area contributed by atoms with Gasteiger partial charge in [0.2, 0.25) is 0 Å². The summed E-state index contributed by atoms with van der Waals surface area (Å²) in [6.45, 7) is 3.46. The van der Waals surface area contributed by atoms with Crippen molar-refractivity contribution in [1.82, 2.24) is 0 Å². The van der Waals surface area contributed by atoms with Crippen molar-refractivity contribution in [3.63, 3.8) is 0 Å². The maximum atomic E-state index is 12.8. The standard InChI is InChI=1S/C55H86O12S/c1-3-5-7-9-11-13-15-17-19-21-23-24-26-27-29-31-33-35-37-39-41-43-50(56)64-45-48(46-65-55-54(60)53(59)52(58)49(67-55)47-68(61,62)63)66-51(57)44-42-40-38-36-34-32-30-28-25-22-20-18-16-14-12-10-8-6-4-2/h5-8,11-14,17-20,23-25,28,32,34,38,40,48-49,52-55,58-60H,3-4,9-10,15-16,21-22,26-27,29-31,33,35-37,39,41-47H2,1-2H3,(H,61,62,63)/b7-5-,8-6-,13-11-,14-12-,19-17-,20-18-,24-23-,28-25-,34-32-,40-38-. The van der Waals surface area contributed by atoms with Gasteiger partial charge in [0.1, 0.15) is 36.8 Å². The lowest BCUT2D eigenvalue weighted by molar-refractivity contribution is -0.297. The van der Waals surface area contributed by atoms with Crippen LogP contribution in [0.4, 0.5) is 0 Å². The van der Waals surface area contributed by atoms with Crippen LogP contribution >= 0.6 is 0 Å². The molecule has 12 nitrogen and oxygen atoms in total. The molecule has 1 fully saturated rings. The first-order chi connectivity index (χ1) is 33.0. The highest BCUT2D eigenvalue weighted by atomic mass is 32.2. The van der Waals surface area contributed by atoms with Crippen molar-refractivity contribution in [2.75, 3.05) is 19.0 Å². The minimum absolute atomic E-state index is 0.0296. The first kappa shape index (κ1) is 62.1. The molecule has 0 radical (unpaired) electrons. The van der Waals surface area contributed by atoms with Crippen molar-refractivity contribution in [3.8, 4) is 0 Å².